The molecule has 0 saturated heterocycles. The topological polar surface area (TPSA) is 73.9 Å². The van der Waals surface area contributed by atoms with Crippen LogP contribution in [0, 0.1) is 17.7 Å². The third-order valence-corrected chi connectivity index (χ3v) is 5.80. The molecule has 154 valence electrons. The number of sulfonamides is 1. The van der Waals surface area contributed by atoms with Crippen molar-refractivity contribution in [3.63, 3.8) is 0 Å². The molecule has 0 heterocycles. The van der Waals surface area contributed by atoms with Gasteiger partial charge in [0, 0.05) is 13.2 Å². The maximum atomic E-state index is 14.0. The highest BCUT2D eigenvalue weighted by Gasteiger charge is 2.25. The van der Waals surface area contributed by atoms with Gasteiger partial charge in [0.25, 0.3) is 0 Å². The zero-order valence-corrected chi connectivity index (χ0v) is 17.1. The molecule has 1 aliphatic rings. The Hall–Kier alpha value is -1.22. The molecule has 27 heavy (non-hydrogen) atoms. The summed E-state index contributed by atoms with van der Waals surface area (Å²) in [5, 5.41) is 0. The van der Waals surface area contributed by atoms with Gasteiger partial charge in [0.15, 0.2) is 11.6 Å². The summed E-state index contributed by atoms with van der Waals surface area (Å²) in [5.41, 5.74) is 0.691. The molecule has 1 saturated carbocycles. The van der Waals surface area contributed by atoms with Crippen molar-refractivity contribution in [3.8, 4) is 5.75 Å². The highest BCUT2D eigenvalue weighted by atomic mass is 32.2. The van der Waals surface area contributed by atoms with E-state index in [0.717, 1.165) is 12.8 Å². The Balaban J connectivity index is 2.01. The average Bonchev–Trinajstić information content (AvgIpc) is 3.43. The van der Waals surface area contributed by atoms with Crippen LogP contribution in [0.4, 0.5) is 4.39 Å². The Morgan fingerprint density at radius 3 is 2.67 bits per heavy atom. The minimum absolute atomic E-state index is 0.00809. The number of methoxy groups -OCH3 is 1. The highest BCUT2D eigenvalue weighted by Crippen LogP contribution is 2.32. The molecule has 1 fully saturated rings. The standard InChI is InChI=1S/C19H30FNO5S/c1-14(2)19(21-27(22,23)10-4-9-25-13-24-3)16-7-8-17(20)18(11-16)26-12-15-5-6-15/h7-8,11,14-15,19,21H,4-6,9-10,12-13H2,1-3H3/t19-/m1/s1. The first-order valence-electron chi connectivity index (χ1n) is 9.31. The van der Waals surface area contributed by atoms with Gasteiger partial charge in [-0.1, -0.05) is 19.9 Å². The van der Waals surface area contributed by atoms with E-state index in [2.05, 4.69) is 4.72 Å². The molecule has 1 aromatic rings. The molecule has 0 aromatic heterocycles. The quantitative estimate of drug-likeness (QED) is 0.404. The van der Waals surface area contributed by atoms with Gasteiger partial charge in [-0.2, -0.15) is 0 Å². The van der Waals surface area contributed by atoms with Crippen molar-refractivity contribution >= 4 is 10.0 Å². The van der Waals surface area contributed by atoms with E-state index < -0.39 is 21.9 Å². The molecule has 0 radical (unpaired) electrons. The fourth-order valence-corrected chi connectivity index (χ4v) is 4.06. The van der Waals surface area contributed by atoms with Crippen molar-refractivity contribution in [2.75, 3.05) is 32.9 Å². The molecule has 0 unspecified atom stereocenters. The van der Waals surface area contributed by atoms with Crippen molar-refractivity contribution in [1.29, 1.82) is 0 Å². The van der Waals surface area contributed by atoms with Crippen LogP contribution >= 0.6 is 0 Å². The number of benzene rings is 1. The minimum atomic E-state index is -3.51. The van der Waals surface area contributed by atoms with Gasteiger partial charge in [-0.05, 0) is 48.8 Å². The van der Waals surface area contributed by atoms with Crippen molar-refractivity contribution < 1.29 is 27.0 Å². The molecule has 1 N–H and O–H groups in total. The molecule has 6 nitrogen and oxygen atoms in total. The number of nitrogens with one attached hydrogen (secondary N) is 1. The van der Waals surface area contributed by atoms with Gasteiger partial charge >= 0.3 is 0 Å². The van der Waals surface area contributed by atoms with Gasteiger partial charge in [0.05, 0.1) is 19.0 Å². The molecule has 0 aliphatic heterocycles. The zero-order valence-electron chi connectivity index (χ0n) is 16.2. The van der Waals surface area contributed by atoms with Crippen LogP contribution < -0.4 is 9.46 Å². The third-order valence-electron chi connectivity index (χ3n) is 4.36. The molecule has 0 amide bonds. The summed E-state index contributed by atoms with van der Waals surface area (Å²) in [4.78, 5) is 0. The Morgan fingerprint density at radius 1 is 1.30 bits per heavy atom. The highest BCUT2D eigenvalue weighted by molar-refractivity contribution is 7.89. The lowest BCUT2D eigenvalue weighted by atomic mass is 9.97. The maximum Gasteiger partial charge on any atom is 0.212 e. The molecular formula is C19H30FNO5S. The van der Waals surface area contributed by atoms with Gasteiger partial charge in [0.2, 0.25) is 10.0 Å². The van der Waals surface area contributed by atoms with Crippen LogP contribution in [-0.4, -0.2) is 41.3 Å². The van der Waals surface area contributed by atoms with Crippen molar-refractivity contribution in [3.05, 3.63) is 29.6 Å². The van der Waals surface area contributed by atoms with E-state index in [4.69, 9.17) is 14.2 Å². The van der Waals surface area contributed by atoms with Crippen molar-refractivity contribution in [2.24, 2.45) is 11.8 Å². The summed E-state index contributed by atoms with van der Waals surface area (Å²) in [6, 6.07) is 4.08. The summed E-state index contributed by atoms with van der Waals surface area (Å²) < 4.78 is 57.1. The molecule has 0 spiro atoms. The number of ether oxygens (including phenoxy) is 3. The number of halogens is 1. The fourth-order valence-electron chi connectivity index (χ4n) is 2.65. The lowest BCUT2D eigenvalue weighted by Gasteiger charge is -2.23. The molecule has 2 rings (SSSR count). The molecule has 1 atom stereocenters. The summed E-state index contributed by atoms with van der Waals surface area (Å²) in [5.74, 6) is 0.197. The van der Waals surface area contributed by atoms with Crippen LogP contribution in [-0.2, 0) is 19.5 Å². The largest absolute Gasteiger partial charge is 0.490 e. The Labute approximate surface area is 161 Å². The van der Waals surface area contributed by atoms with Gasteiger partial charge in [-0.25, -0.2) is 17.5 Å². The molecule has 1 aliphatic carbocycles. The van der Waals surface area contributed by atoms with Crippen LogP contribution in [0.5, 0.6) is 5.75 Å². The summed E-state index contributed by atoms with van der Waals surface area (Å²) in [7, 11) is -1.99. The summed E-state index contributed by atoms with van der Waals surface area (Å²) in [6.45, 7) is 4.78. The second-order valence-electron chi connectivity index (χ2n) is 7.27. The predicted molar refractivity (Wildman–Crippen MR) is 102 cm³/mol. The minimum Gasteiger partial charge on any atom is -0.490 e. The third kappa shape index (κ3) is 7.73. The van der Waals surface area contributed by atoms with Crippen molar-refractivity contribution in [2.45, 2.75) is 39.2 Å². The second kappa shape index (κ2) is 10.4. The van der Waals surface area contributed by atoms with Crippen LogP contribution in [0.3, 0.4) is 0 Å². The summed E-state index contributed by atoms with van der Waals surface area (Å²) in [6.07, 6.45) is 2.59. The zero-order chi connectivity index (χ0) is 19.9. The van der Waals surface area contributed by atoms with E-state index in [-0.39, 0.29) is 24.2 Å². The van der Waals surface area contributed by atoms with Crippen LogP contribution in [0.2, 0.25) is 0 Å². The van der Waals surface area contributed by atoms with Gasteiger partial charge in [0.1, 0.15) is 6.79 Å². The lowest BCUT2D eigenvalue weighted by Crippen LogP contribution is -2.34. The average molecular weight is 404 g/mol. The first-order chi connectivity index (χ1) is 12.8. The Morgan fingerprint density at radius 2 is 2.04 bits per heavy atom. The molecule has 1 aromatic carbocycles. The molecule has 8 heteroatoms. The predicted octanol–water partition coefficient (Wildman–Crippen LogP) is 3.24. The van der Waals surface area contributed by atoms with E-state index >= 15 is 0 Å². The van der Waals surface area contributed by atoms with E-state index in [9.17, 15) is 12.8 Å². The Kier molecular flexibility index (Phi) is 8.47. The number of hydrogen-bond acceptors (Lipinski definition) is 5. The smallest absolute Gasteiger partial charge is 0.212 e. The van der Waals surface area contributed by atoms with E-state index in [1.807, 2.05) is 13.8 Å². The first-order valence-corrected chi connectivity index (χ1v) is 11.0. The van der Waals surface area contributed by atoms with Gasteiger partial charge in [-0.15, -0.1) is 0 Å². The SMILES string of the molecule is COCOCCCS(=O)(=O)N[C@@H](c1ccc(F)c(OCC2CC2)c1)C(C)C. The normalized spacial score (nSPS) is 15.9. The van der Waals surface area contributed by atoms with Crippen LogP contribution in [0.1, 0.15) is 44.7 Å². The Bertz CT molecular complexity index is 691. The van der Waals surface area contributed by atoms with Crippen molar-refractivity contribution in [1.82, 2.24) is 4.72 Å². The second-order valence-corrected chi connectivity index (χ2v) is 9.14. The van der Waals surface area contributed by atoms with E-state index in [1.54, 1.807) is 12.1 Å². The van der Waals surface area contributed by atoms with Crippen LogP contribution in [0.15, 0.2) is 18.2 Å². The monoisotopic (exact) mass is 403 g/mol. The van der Waals surface area contributed by atoms with Crippen LogP contribution in [0.25, 0.3) is 0 Å². The first kappa shape index (κ1) is 22.1. The molecular weight excluding hydrogens is 373 g/mol. The fraction of sp³-hybridized carbons (Fsp3) is 0.684. The number of hydrogen-bond donors (Lipinski definition) is 1. The van der Waals surface area contributed by atoms with E-state index in [0.29, 0.717) is 31.1 Å². The molecule has 0 bridgehead atoms. The lowest BCUT2D eigenvalue weighted by molar-refractivity contribution is -0.0298. The maximum absolute atomic E-state index is 14.0. The van der Waals surface area contributed by atoms with Gasteiger partial charge in [-0.3, -0.25) is 0 Å². The van der Waals surface area contributed by atoms with Gasteiger partial charge < -0.3 is 14.2 Å². The van der Waals surface area contributed by atoms with E-state index in [1.165, 1.54) is 13.2 Å². The number of rotatable bonds is 13. The summed E-state index contributed by atoms with van der Waals surface area (Å²) >= 11 is 0.